The first-order chi connectivity index (χ1) is 13.1. The van der Waals surface area contributed by atoms with Crippen molar-refractivity contribution >= 4 is 11.9 Å². The molecule has 154 valence electrons. The number of hydrogen-bond acceptors (Lipinski definition) is 3. The third kappa shape index (κ3) is 5.54. The van der Waals surface area contributed by atoms with Crippen LogP contribution in [0.4, 0.5) is 17.6 Å². The molecule has 0 aromatic heterocycles. The van der Waals surface area contributed by atoms with Crippen molar-refractivity contribution < 1.29 is 32.3 Å². The molecule has 0 aliphatic carbocycles. The van der Waals surface area contributed by atoms with E-state index in [4.69, 9.17) is 9.90 Å². The molecule has 1 aromatic carbocycles. The van der Waals surface area contributed by atoms with Crippen molar-refractivity contribution in [3.8, 4) is 0 Å². The van der Waals surface area contributed by atoms with Crippen LogP contribution in [0.25, 0.3) is 0 Å². The highest BCUT2D eigenvalue weighted by molar-refractivity contribution is 5.79. The van der Waals surface area contributed by atoms with Crippen LogP contribution in [0, 0.1) is 5.82 Å². The lowest BCUT2D eigenvalue weighted by Crippen LogP contribution is -2.40. The smallest absolute Gasteiger partial charge is 0.475 e. The number of fused-ring (bicyclic) bond motifs is 1. The lowest BCUT2D eigenvalue weighted by atomic mass is 10.1. The van der Waals surface area contributed by atoms with Crippen LogP contribution in [-0.2, 0) is 16.0 Å². The lowest BCUT2D eigenvalue weighted by Gasteiger charge is -2.25. The number of benzene rings is 1. The maximum absolute atomic E-state index is 12.9. The van der Waals surface area contributed by atoms with Crippen LogP contribution in [0.1, 0.15) is 18.4 Å². The Balaban J connectivity index is 0.000000345. The molecule has 2 fully saturated rings. The molecule has 9 heteroatoms. The van der Waals surface area contributed by atoms with Crippen LogP contribution in [0.2, 0.25) is 0 Å². The van der Waals surface area contributed by atoms with E-state index in [0.29, 0.717) is 18.5 Å². The number of hydrogen-bond donors (Lipinski definition) is 1. The molecule has 0 bridgehead atoms. The number of nitrogens with zero attached hydrogens (tertiary/aromatic N) is 2. The highest BCUT2D eigenvalue weighted by Crippen LogP contribution is 2.31. The number of rotatable bonds is 4. The van der Waals surface area contributed by atoms with Gasteiger partial charge in [0.25, 0.3) is 0 Å². The summed E-state index contributed by atoms with van der Waals surface area (Å²) in [5.74, 6) is -2.86. The standard InChI is InChI=1S/C17H21FN2O.C2HF3O2/c1-2-9-19-10-7-16-15(19)8-11-20(16)17(21)12-13-3-5-14(18)6-4-13;3-2(4,5)1(6)7/h2-6,15-16H,1,7-12H2;(H,6,7)/t15-,16+;/m0./s1. The summed E-state index contributed by atoms with van der Waals surface area (Å²) in [5.41, 5.74) is 0.880. The number of halogens is 4. The topological polar surface area (TPSA) is 60.9 Å². The molecule has 1 amide bonds. The van der Waals surface area contributed by atoms with Crippen LogP contribution >= 0.6 is 0 Å². The van der Waals surface area contributed by atoms with Crippen molar-refractivity contribution in [2.75, 3.05) is 19.6 Å². The quantitative estimate of drug-likeness (QED) is 0.622. The Kier molecular flexibility index (Phi) is 7.17. The van der Waals surface area contributed by atoms with E-state index in [1.54, 1.807) is 12.1 Å². The summed E-state index contributed by atoms with van der Waals surface area (Å²) in [7, 11) is 0. The van der Waals surface area contributed by atoms with Gasteiger partial charge in [-0.3, -0.25) is 9.69 Å². The Morgan fingerprint density at radius 2 is 1.71 bits per heavy atom. The number of carboxylic acid groups (broad SMARTS) is 1. The number of alkyl halides is 3. The molecule has 0 radical (unpaired) electrons. The highest BCUT2D eigenvalue weighted by atomic mass is 19.4. The summed E-state index contributed by atoms with van der Waals surface area (Å²) in [5, 5.41) is 7.12. The van der Waals surface area contributed by atoms with Crippen LogP contribution in [0.5, 0.6) is 0 Å². The van der Waals surface area contributed by atoms with E-state index in [-0.39, 0.29) is 11.7 Å². The van der Waals surface area contributed by atoms with Crippen LogP contribution in [0.15, 0.2) is 36.9 Å². The second kappa shape index (κ2) is 9.18. The van der Waals surface area contributed by atoms with Crippen molar-refractivity contribution in [2.24, 2.45) is 0 Å². The van der Waals surface area contributed by atoms with Gasteiger partial charge in [0.05, 0.1) is 6.42 Å². The first kappa shape index (κ1) is 21.9. The zero-order valence-corrected chi connectivity index (χ0v) is 15.2. The zero-order chi connectivity index (χ0) is 20.9. The molecule has 0 saturated carbocycles. The molecule has 0 unspecified atom stereocenters. The predicted octanol–water partition coefficient (Wildman–Crippen LogP) is 2.86. The zero-order valence-electron chi connectivity index (χ0n) is 15.2. The number of aliphatic carboxylic acids is 1. The van der Waals surface area contributed by atoms with Crippen molar-refractivity contribution in [1.82, 2.24) is 9.80 Å². The van der Waals surface area contributed by atoms with Gasteiger partial charge < -0.3 is 10.0 Å². The first-order valence-electron chi connectivity index (χ1n) is 8.82. The van der Waals surface area contributed by atoms with Gasteiger partial charge >= 0.3 is 12.1 Å². The number of likely N-dealkylation sites (tertiary alicyclic amines) is 2. The molecule has 3 rings (SSSR count). The molecular formula is C19H22F4N2O3. The summed E-state index contributed by atoms with van der Waals surface area (Å²) in [6.07, 6.45) is -0.683. The van der Waals surface area contributed by atoms with E-state index >= 15 is 0 Å². The Morgan fingerprint density at radius 3 is 2.25 bits per heavy atom. The van der Waals surface area contributed by atoms with E-state index in [1.165, 1.54) is 12.1 Å². The van der Waals surface area contributed by atoms with Crippen molar-refractivity contribution in [1.29, 1.82) is 0 Å². The average Bonchev–Trinajstić information content (AvgIpc) is 3.20. The third-order valence-electron chi connectivity index (χ3n) is 4.89. The van der Waals surface area contributed by atoms with Crippen LogP contribution < -0.4 is 0 Å². The van der Waals surface area contributed by atoms with Crippen molar-refractivity contribution in [3.63, 3.8) is 0 Å². The minimum atomic E-state index is -5.08. The molecule has 2 heterocycles. The lowest BCUT2D eigenvalue weighted by molar-refractivity contribution is -0.192. The number of carbonyl (C=O) groups excluding carboxylic acids is 1. The average molecular weight is 402 g/mol. The SMILES string of the molecule is C=CCN1CC[C@@H]2[C@@H]1CCN2C(=O)Cc1ccc(F)cc1.O=C(O)C(F)(F)F. The monoisotopic (exact) mass is 402 g/mol. The van der Waals surface area contributed by atoms with Crippen LogP contribution in [-0.4, -0.2) is 64.7 Å². The summed E-state index contributed by atoms with van der Waals surface area (Å²) in [6.45, 7) is 6.59. The molecule has 5 nitrogen and oxygen atoms in total. The van der Waals surface area contributed by atoms with Gasteiger partial charge in [-0.25, -0.2) is 9.18 Å². The fourth-order valence-corrected chi connectivity index (χ4v) is 3.66. The Bertz CT molecular complexity index is 706. The summed E-state index contributed by atoms with van der Waals surface area (Å²) < 4.78 is 44.6. The van der Waals surface area contributed by atoms with Gasteiger partial charge in [-0.05, 0) is 30.5 Å². The van der Waals surface area contributed by atoms with Gasteiger partial charge in [0.2, 0.25) is 5.91 Å². The number of carbonyl (C=O) groups is 2. The predicted molar refractivity (Wildman–Crippen MR) is 94.1 cm³/mol. The van der Waals surface area contributed by atoms with E-state index in [0.717, 1.165) is 38.0 Å². The first-order valence-corrected chi connectivity index (χ1v) is 8.82. The molecule has 2 atom stereocenters. The van der Waals surface area contributed by atoms with Gasteiger partial charge in [0, 0.05) is 31.7 Å². The van der Waals surface area contributed by atoms with Crippen molar-refractivity contribution in [2.45, 2.75) is 37.5 Å². The van der Waals surface area contributed by atoms with Gasteiger partial charge in [-0.15, -0.1) is 6.58 Å². The van der Waals surface area contributed by atoms with Gasteiger partial charge in [0.1, 0.15) is 5.82 Å². The molecule has 0 spiro atoms. The molecule has 2 aliphatic rings. The van der Waals surface area contributed by atoms with E-state index < -0.39 is 12.1 Å². The summed E-state index contributed by atoms with van der Waals surface area (Å²) >= 11 is 0. The van der Waals surface area contributed by atoms with Crippen molar-refractivity contribution in [3.05, 3.63) is 48.3 Å². The Morgan fingerprint density at radius 1 is 1.14 bits per heavy atom. The molecule has 1 N–H and O–H groups in total. The largest absolute Gasteiger partial charge is 0.490 e. The third-order valence-corrected chi connectivity index (χ3v) is 4.89. The minimum Gasteiger partial charge on any atom is -0.475 e. The normalized spacial score (nSPS) is 21.6. The fraction of sp³-hybridized carbons (Fsp3) is 0.474. The number of amides is 1. The fourth-order valence-electron chi connectivity index (χ4n) is 3.66. The molecule has 28 heavy (non-hydrogen) atoms. The van der Waals surface area contributed by atoms with E-state index in [2.05, 4.69) is 11.5 Å². The van der Waals surface area contributed by atoms with E-state index in [9.17, 15) is 22.4 Å². The van der Waals surface area contributed by atoms with Crippen LogP contribution in [0.3, 0.4) is 0 Å². The summed E-state index contributed by atoms with van der Waals surface area (Å²) in [6, 6.07) is 7.05. The Hall–Kier alpha value is -2.42. The highest BCUT2D eigenvalue weighted by Gasteiger charge is 2.43. The van der Waals surface area contributed by atoms with E-state index in [1.807, 2.05) is 11.0 Å². The molecule has 2 aliphatic heterocycles. The second-order valence-electron chi connectivity index (χ2n) is 6.69. The maximum Gasteiger partial charge on any atom is 0.490 e. The van der Waals surface area contributed by atoms with Gasteiger partial charge in [-0.2, -0.15) is 13.2 Å². The molecule has 1 aromatic rings. The second-order valence-corrected chi connectivity index (χ2v) is 6.69. The molecular weight excluding hydrogens is 380 g/mol. The summed E-state index contributed by atoms with van der Waals surface area (Å²) in [4.78, 5) is 25.8. The number of carboxylic acids is 1. The Labute approximate surface area is 160 Å². The molecule has 2 saturated heterocycles. The minimum absolute atomic E-state index is 0.162. The van der Waals surface area contributed by atoms with Gasteiger partial charge in [-0.1, -0.05) is 18.2 Å². The maximum atomic E-state index is 12.9. The van der Waals surface area contributed by atoms with Gasteiger partial charge in [0.15, 0.2) is 0 Å².